The highest BCUT2D eigenvalue weighted by atomic mass is 16.4. The summed E-state index contributed by atoms with van der Waals surface area (Å²) in [5, 5.41) is 11.8. The molecule has 1 aromatic rings. The van der Waals surface area contributed by atoms with Crippen molar-refractivity contribution in [1.82, 2.24) is 10.2 Å². The summed E-state index contributed by atoms with van der Waals surface area (Å²) in [6, 6.07) is 6.60. The molecule has 0 saturated carbocycles. The van der Waals surface area contributed by atoms with E-state index in [-0.39, 0.29) is 11.5 Å². The minimum Gasteiger partial charge on any atom is -0.478 e. The Morgan fingerprint density at radius 1 is 1.00 bits per heavy atom. The molecule has 0 aliphatic carbocycles. The number of nitrogens with one attached hydrogen (secondary N) is 1. The maximum absolute atomic E-state index is 12.0. The first kappa shape index (κ1) is 17.5. The summed E-state index contributed by atoms with van der Waals surface area (Å²) >= 11 is 0. The van der Waals surface area contributed by atoms with Gasteiger partial charge in [-0.2, -0.15) is 0 Å². The predicted octanol–water partition coefficient (Wildman–Crippen LogP) is 2.66. The molecule has 1 aromatic carbocycles. The zero-order chi connectivity index (χ0) is 16.5. The van der Waals surface area contributed by atoms with Gasteiger partial charge in [-0.15, -0.1) is 0 Å². The fraction of sp³-hybridized carbons (Fsp3) is 0.556. The van der Waals surface area contributed by atoms with Crippen molar-refractivity contribution in [3.8, 4) is 0 Å². The molecule has 0 spiro atoms. The molecule has 0 aromatic heterocycles. The van der Waals surface area contributed by atoms with Gasteiger partial charge in [0.05, 0.1) is 5.56 Å². The van der Waals surface area contributed by atoms with Crippen LogP contribution in [0, 0.1) is 0 Å². The molecule has 1 saturated heterocycles. The third kappa shape index (κ3) is 6.40. The number of carboxylic acids is 1. The Morgan fingerprint density at radius 2 is 1.61 bits per heavy atom. The number of hydrogen-bond donors (Lipinski definition) is 2. The molecule has 2 N–H and O–H groups in total. The molecule has 1 heterocycles. The molecule has 5 nitrogen and oxygen atoms in total. The average molecular weight is 318 g/mol. The van der Waals surface area contributed by atoms with E-state index >= 15 is 0 Å². The molecule has 126 valence electrons. The van der Waals surface area contributed by atoms with Crippen molar-refractivity contribution in [3.63, 3.8) is 0 Å². The van der Waals surface area contributed by atoms with Gasteiger partial charge in [-0.1, -0.05) is 31.4 Å². The minimum absolute atomic E-state index is 0.0503. The lowest BCUT2D eigenvalue weighted by Gasteiger charge is -2.24. The van der Waals surface area contributed by atoms with Gasteiger partial charge in [0.1, 0.15) is 0 Å². The maximum Gasteiger partial charge on any atom is 0.335 e. The second kappa shape index (κ2) is 9.30. The molecular weight excluding hydrogens is 292 g/mol. The van der Waals surface area contributed by atoms with Crippen LogP contribution in [0.15, 0.2) is 24.3 Å². The summed E-state index contributed by atoms with van der Waals surface area (Å²) in [5.41, 5.74) is 1.17. The van der Waals surface area contributed by atoms with Gasteiger partial charge in [0.25, 0.3) is 0 Å². The van der Waals surface area contributed by atoms with E-state index in [9.17, 15) is 9.59 Å². The Bertz CT molecular complexity index is 506. The van der Waals surface area contributed by atoms with E-state index in [1.54, 1.807) is 24.3 Å². The third-order valence-corrected chi connectivity index (χ3v) is 4.29. The van der Waals surface area contributed by atoms with Crippen LogP contribution < -0.4 is 5.32 Å². The van der Waals surface area contributed by atoms with E-state index in [1.807, 2.05) is 0 Å². The van der Waals surface area contributed by atoms with Gasteiger partial charge in [0.15, 0.2) is 0 Å². The molecule has 0 unspecified atom stereocenters. The van der Waals surface area contributed by atoms with Gasteiger partial charge in [-0.3, -0.25) is 4.79 Å². The summed E-state index contributed by atoms with van der Waals surface area (Å²) in [7, 11) is 0. The van der Waals surface area contributed by atoms with Crippen LogP contribution in [0.5, 0.6) is 0 Å². The summed E-state index contributed by atoms with van der Waals surface area (Å²) in [6.07, 6.45) is 6.93. The first-order chi connectivity index (χ1) is 11.1. The topological polar surface area (TPSA) is 69.6 Å². The number of carbonyl (C=O) groups is 2. The van der Waals surface area contributed by atoms with Crippen molar-refractivity contribution < 1.29 is 14.7 Å². The first-order valence-electron chi connectivity index (χ1n) is 8.46. The first-order valence-corrected chi connectivity index (χ1v) is 8.46. The Labute approximate surface area is 137 Å². The van der Waals surface area contributed by atoms with Crippen LogP contribution in [-0.4, -0.2) is 41.5 Å². The zero-order valence-corrected chi connectivity index (χ0v) is 13.6. The lowest BCUT2D eigenvalue weighted by molar-refractivity contribution is -0.121. The Morgan fingerprint density at radius 3 is 2.22 bits per heavy atom. The van der Waals surface area contributed by atoms with Crippen LogP contribution in [0.25, 0.3) is 0 Å². The second-order valence-corrected chi connectivity index (χ2v) is 6.14. The average Bonchev–Trinajstić information content (AvgIpc) is 2.52. The fourth-order valence-corrected chi connectivity index (χ4v) is 2.85. The van der Waals surface area contributed by atoms with Crippen LogP contribution in [0.1, 0.15) is 54.4 Å². The fourth-order valence-electron chi connectivity index (χ4n) is 2.85. The van der Waals surface area contributed by atoms with E-state index in [4.69, 9.17) is 5.11 Å². The number of likely N-dealkylation sites (tertiary alicyclic amines) is 1. The highest BCUT2D eigenvalue weighted by Gasteiger charge is 2.10. The van der Waals surface area contributed by atoms with Gasteiger partial charge in [0, 0.05) is 19.5 Å². The number of amides is 1. The van der Waals surface area contributed by atoms with Crippen LogP contribution >= 0.6 is 0 Å². The quantitative estimate of drug-likeness (QED) is 0.846. The summed E-state index contributed by atoms with van der Waals surface area (Å²) < 4.78 is 0. The normalized spacial score (nSPS) is 16.3. The van der Waals surface area contributed by atoms with Crippen LogP contribution in [0.3, 0.4) is 0 Å². The summed E-state index contributed by atoms with van der Waals surface area (Å²) in [5.74, 6) is -0.886. The van der Waals surface area contributed by atoms with E-state index in [0.29, 0.717) is 13.0 Å². The number of carboxylic acid groups (broad SMARTS) is 1. The number of aromatic carboxylic acids is 1. The Hall–Kier alpha value is -1.88. The highest BCUT2D eigenvalue weighted by molar-refractivity contribution is 5.87. The molecule has 23 heavy (non-hydrogen) atoms. The van der Waals surface area contributed by atoms with Crippen LogP contribution in [-0.2, 0) is 11.3 Å². The zero-order valence-electron chi connectivity index (χ0n) is 13.6. The van der Waals surface area contributed by atoms with Gasteiger partial charge >= 0.3 is 5.97 Å². The van der Waals surface area contributed by atoms with Crippen molar-refractivity contribution in [1.29, 1.82) is 0 Å². The maximum atomic E-state index is 12.0. The second-order valence-electron chi connectivity index (χ2n) is 6.14. The van der Waals surface area contributed by atoms with E-state index < -0.39 is 5.97 Å². The van der Waals surface area contributed by atoms with Crippen molar-refractivity contribution >= 4 is 11.9 Å². The summed E-state index contributed by atoms with van der Waals surface area (Å²) in [4.78, 5) is 25.1. The number of carbonyl (C=O) groups excluding carboxylic acids is 1. The molecule has 0 radical (unpaired) electrons. The SMILES string of the molecule is O=C(CCN1CCCCCCC1)NCc1ccc(C(=O)O)cc1. The molecule has 0 atom stereocenters. The molecule has 2 rings (SSSR count). The number of hydrogen-bond acceptors (Lipinski definition) is 3. The lowest BCUT2D eigenvalue weighted by Crippen LogP contribution is -2.32. The van der Waals surface area contributed by atoms with E-state index in [1.165, 1.54) is 32.1 Å². The van der Waals surface area contributed by atoms with Crippen LogP contribution in [0.4, 0.5) is 0 Å². The smallest absolute Gasteiger partial charge is 0.335 e. The minimum atomic E-state index is -0.936. The van der Waals surface area contributed by atoms with Crippen molar-refractivity contribution in [3.05, 3.63) is 35.4 Å². The van der Waals surface area contributed by atoms with E-state index in [2.05, 4.69) is 10.2 Å². The number of benzene rings is 1. The number of rotatable bonds is 6. The van der Waals surface area contributed by atoms with Crippen molar-refractivity contribution in [2.75, 3.05) is 19.6 Å². The summed E-state index contributed by atoms with van der Waals surface area (Å²) in [6.45, 7) is 3.47. The van der Waals surface area contributed by atoms with Crippen molar-refractivity contribution in [2.24, 2.45) is 0 Å². The molecule has 1 aliphatic heterocycles. The van der Waals surface area contributed by atoms with Crippen molar-refractivity contribution in [2.45, 2.75) is 45.1 Å². The number of nitrogens with zero attached hydrogens (tertiary/aromatic N) is 1. The molecule has 1 amide bonds. The highest BCUT2D eigenvalue weighted by Crippen LogP contribution is 2.10. The van der Waals surface area contributed by atoms with Gasteiger partial charge in [-0.25, -0.2) is 4.79 Å². The molecular formula is C18H26N2O3. The van der Waals surface area contributed by atoms with Gasteiger partial charge in [0.2, 0.25) is 5.91 Å². The monoisotopic (exact) mass is 318 g/mol. The van der Waals surface area contributed by atoms with Gasteiger partial charge in [-0.05, 0) is 43.6 Å². The largest absolute Gasteiger partial charge is 0.478 e. The third-order valence-electron chi connectivity index (χ3n) is 4.29. The Kier molecular flexibility index (Phi) is 7.07. The van der Waals surface area contributed by atoms with Crippen LogP contribution in [0.2, 0.25) is 0 Å². The Balaban J connectivity index is 1.68. The van der Waals surface area contributed by atoms with Gasteiger partial charge < -0.3 is 15.3 Å². The standard InChI is InChI=1S/C18H26N2O3/c21-17(10-13-20-11-4-2-1-3-5-12-20)19-14-15-6-8-16(9-7-15)18(22)23/h6-9H,1-5,10-14H2,(H,19,21)(H,22,23). The molecule has 1 fully saturated rings. The lowest BCUT2D eigenvalue weighted by atomic mass is 10.1. The molecule has 0 bridgehead atoms. The van der Waals surface area contributed by atoms with E-state index in [0.717, 1.165) is 25.2 Å². The predicted molar refractivity (Wildman–Crippen MR) is 89.4 cm³/mol. The molecule has 1 aliphatic rings. The molecule has 5 heteroatoms.